The van der Waals surface area contributed by atoms with Crippen molar-refractivity contribution in [1.82, 2.24) is 0 Å². The van der Waals surface area contributed by atoms with Crippen molar-refractivity contribution < 1.29 is 59.2 Å². The predicted molar refractivity (Wildman–Crippen MR) is 7.61 cm³/mol. The normalized spacial score (nSPS) is 9.83. The molecule has 6 heavy (non-hydrogen) atoms. The number of rotatable bonds is 0. The van der Waals surface area contributed by atoms with Gasteiger partial charge in [-0.15, -0.1) is 0 Å². The molecule has 4 nitrogen and oxygen atoms in total. The molecule has 0 fully saturated rings. The molecule has 0 atom stereocenters. The van der Waals surface area contributed by atoms with Crippen molar-refractivity contribution in [3.8, 4) is 0 Å². The van der Waals surface area contributed by atoms with Crippen molar-refractivity contribution in [2.45, 2.75) is 0 Å². The Morgan fingerprint density at radius 1 is 1.17 bits per heavy atom. The topological polar surface area (TPSA) is 86.2 Å². The summed E-state index contributed by atoms with van der Waals surface area (Å²) in [4.78, 5) is 25.6. The fourth-order valence-corrected chi connectivity index (χ4v) is 0. The molecule has 0 aliphatic rings. The molecule has 0 bridgehead atoms. The Balaban J connectivity index is 0. The summed E-state index contributed by atoms with van der Waals surface area (Å²) in [5.74, 6) is 0. The third-order valence-electron chi connectivity index (χ3n) is 0. The van der Waals surface area contributed by atoms with Gasteiger partial charge in [0.1, 0.15) is 0 Å². The van der Waals surface area contributed by atoms with Crippen molar-refractivity contribution in [2.75, 3.05) is 0 Å². The maximum Gasteiger partial charge on any atom is 0 e. The van der Waals surface area contributed by atoms with Gasteiger partial charge in [-0.2, -0.15) is 7.82 Å². The maximum absolute atomic E-state index is 8.55. The first-order valence-corrected chi connectivity index (χ1v) is 2.19. The van der Waals surface area contributed by atoms with Gasteiger partial charge in [0.25, 0.3) is 0 Å². The SMILES string of the molecule is O=P([O-])([O-])[O-].[Gd]. The first kappa shape index (κ1) is 10.4. The van der Waals surface area contributed by atoms with Crippen LogP contribution in [-0.4, -0.2) is 0 Å². The van der Waals surface area contributed by atoms with Crippen LogP contribution in [0.5, 0.6) is 0 Å². The average Bonchev–Trinajstić information content (AvgIpc) is 0.722. The van der Waals surface area contributed by atoms with Crippen molar-refractivity contribution in [3.05, 3.63) is 0 Å². The molecule has 6 heteroatoms. The van der Waals surface area contributed by atoms with Crippen LogP contribution < -0.4 is 14.7 Å². The van der Waals surface area contributed by atoms with Crippen molar-refractivity contribution in [2.24, 2.45) is 0 Å². The van der Waals surface area contributed by atoms with Gasteiger partial charge in [-0.3, -0.25) is 0 Å². The van der Waals surface area contributed by atoms with E-state index in [1.165, 1.54) is 0 Å². The van der Waals surface area contributed by atoms with E-state index >= 15 is 0 Å². The molecule has 0 aliphatic carbocycles. The summed E-state index contributed by atoms with van der Waals surface area (Å²) < 4.78 is 8.55. The first-order valence-electron chi connectivity index (χ1n) is 0.730. The summed E-state index contributed by atoms with van der Waals surface area (Å²) in [6.45, 7) is 0. The minimum absolute atomic E-state index is 0. The van der Waals surface area contributed by atoms with E-state index in [0.717, 1.165) is 0 Å². The summed E-state index contributed by atoms with van der Waals surface area (Å²) >= 11 is 0. The molecule has 0 saturated heterocycles. The molecule has 0 amide bonds. The van der Waals surface area contributed by atoms with Gasteiger partial charge in [-0.05, 0) is 0 Å². The van der Waals surface area contributed by atoms with Crippen LogP contribution in [0.4, 0.5) is 0 Å². The van der Waals surface area contributed by atoms with Crippen LogP contribution >= 0.6 is 7.82 Å². The fraction of sp³-hybridized carbons (Fsp3) is 0. The van der Waals surface area contributed by atoms with Crippen molar-refractivity contribution in [3.63, 3.8) is 0 Å². The zero-order chi connectivity index (χ0) is 4.50. The van der Waals surface area contributed by atoms with E-state index < -0.39 is 7.82 Å². The summed E-state index contributed by atoms with van der Waals surface area (Å²) in [6, 6.07) is 0. The molecule has 0 aromatic rings. The minimum Gasteiger partial charge on any atom is -0.822 e. The van der Waals surface area contributed by atoms with Gasteiger partial charge in [0.2, 0.25) is 0 Å². The summed E-state index contributed by atoms with van der Waals surface area (Å²) in [5.41, 5.74) is 0. The van der Waals surface area contributed by atoms with E-state index in [1.54, 1.807) is 0 Å². The van der Waals surface area contributed by atoms with Gasteiger partial charge in [0.15, 0.2) is 0 Å². The Bertz CT molecular complexity index is 53.7. The summed E-state index contributed by atoms with van der Waals surface area (Å²) in [5, 5.41) is 0. The van der Waals surface area contributed by atoms with E-state index in [-0.39, 0.29) is 39.9 Å². The van der Waals surface area contributed by atoms with Crippen LogP contribution in [0, 0.1) is 39.9 Å². The van der Waals surface area contributed by atoms with Gasteiger partial charge in [0.05, 0.1) is 0 Å². The third-order valence-corrected chi connectivity index (χ3v) is 0. The monoisotopic (exact) mass is 253 g/mol. The number of hydrogen-bond donors (Lipinski definition) is 0. The van der Waals surface area contributed by atoms with Crippen LogP contribution in [0.15, 0.2) is 0 Å². The molecule has 0 N–H and O–H groups in total. The molecule has 0 aliphatic heterocycles. The van der Waals surface area contributed by atoms with Crippen molar-refractivity contribution >= 4 is 7.82 Å². The molecule has 0 aromatic heterocycles. The van der Waals surface area contributed by atoms with E-state index in [9.17, 15) is 0 Å². The summed E-state index contributed by atoms with van der Waals surface area (Å²) in [6.07, 6.45) is 0. The van der Waals surface area contributed by atoms with E-state index in [2.05, 4.69) is 0 Å². The Hall–Kier alpha value is 1.43. The molecule has 40 valence electrons. The zero-order valence-corrected chi connectivity index (χ0v) is 5.60. The molecule has 0 rings (SSSR count). The fourth-order valence-electron chi connectivity index (χ4n) is 0. The second kappa shape index (κ2) is 3.44. The average molecular weight is 252 g/mol. The minimum atomic E-state index is -5.39. The smallest absolute Gasteiger partial charge is 0 e. The number of phosphoric acid groups is 1. The second-order valence-corrected chi connectivity index (χ2v) is 1.34. The largest absolute Gasteiger partial charge is 0.822 e. The molecular formula is GdO4P-3. The molecule has 0 unspecified atom stereocenters. The predicted octanol–water partition coefficient (Wildman–Crippen LogP) is -2.82. The summed E-state index contributed by atoms with van der Waals surface area (Å²) in [7, 11) is -5.39. The van der Waals surface area contributed by atoms with Gasteiger partial charge >= 0.3 is 0 Å². The standard InChI is InChI=1S/Gd.H3O4P/c;1-5(2,3)4/h;(H3,1,2,3,4)/p-3. The van der Waals surface area contributed by atoms with Gasteiger partial charge in [0, 0.05) is 39.9 Å². The van der Waals surface area contributed by atoms with Crippen LogP contribution in [0.3, 0.4) is 0 Å². The molecule has 0 spiro atoms. The van der Waals surface area contributed by atoms with Gasteiger partial charge < -0.3 is 19.2 Å². The maximum atomic E-state index is 8.55. The zero-order valence-electron chi connectivity index (χ0n) is 2.43. The Morgan fingerprint density at radius 3 is 1.17 bits per heavy atom. The third kappa shape index (κ3) is 51.9. The van der Waals surface area contributed by atoms with E-state index in [1.807, 2.05) is 0 Å². The van der Waals surface area contributed by atoms with Crippen LogP contribution in [0.25, 0.3) is 0 Å². The van der Waals surface area contributed by atoms with Crippen LogP contribution in [0.1, 0.15) is 0 Å². The van der Waals surface area contributed by atoms with Crippen molar-refractivity contribution in [1.29, 1.82) is 0 Å². The quantitative estimate of drug-likeness (QED) is 0.435. The number of hydrogen-bond acceptors (Lipinski definition) is 4. The van der Waals surface area contributed by atoms with Crippen LogP contribution in [-0.2, 0) is 4.57 Å². The van der Waals surface area contributed by atoms with E-state index in [0.29, 0.717) is 0 Å². The molecule has 0 heterocycles. The second-order valence-electron chi connectivity index (χ2n) is 0.447. The Morgan fingerprint density at radius 2 is 1.17 bits per heavy atom. The van der Waals surface area contributed by atoms with Gasteiger partial charge in [-0.25, -0.2) is 0 Å². The molecule has 0 radical (unpaired) electrons. The first-order chi connectivity index (χ1) is 2.00. The van der Waals surface area contributed by atoms with E-state index in [4.69, 9.17) is 19.2 Å². The molecule has 0 saturated carbocycles. The van der Waals surface area contributed by atoms with Gasteiger partial charge in [-0.1, -0.05) is 0 Å². The Kier molecular flexibility index (Phi) is 5.97. The van der Waals surface area contributed by atoms with Crippen LogP contribution in [0.2, 0.25) is 0 Å². The molecular weight excluding hydrogens is 252 g/mol. The Labute approximate surface area is 66.5 Å². The molecule has 0 aromatic carbocycles.